The highest BCUT2D eigenvalue weighted by atomic mass is 16.3. The fraction of sp³-hybridized carbons (Fsp3) is 0.571. The molecule has 0 amide bonds. The molecule has 0 saturated carbocycles. The molecule has 0 aromatic heterocycles. The van der Waals surface area contributed by atoms with Crippen LogP contribution in [0.5, 0.6) is 5.75 Å². The van der Waals surface area contributed by atoms with Gasteiger partial charge in [0, 0.05) is 0 Å². The van der Waals surface area contributed by atoms with Crippen molar-refractivity contribution in [1.82, 2.24) is 0 Å². The first-order chi connectivity index (χ1) is 6.97. The van der Waals surface area contributed by atoms with Crippen LogP contribution in [0.15, 0.2) is 12.1 Å². The van der Waals surface area contributed by atoms with E-state index in [0.717, 1.165) is 17.5 Å². The Hall–Kier alpha value is -0.980. The zero-order valence-corrected chi connectivity index (χ0v) is 10.5. The molecule has 0 bridgehead atoms. The second-order valence-corrected chi connectivity index (χ2v) is 4.79. The first kappa shape index (κ1) is 12.1. The number of rotatable bonds is 3. The van der Waals surface area contributed by atoms with Crippen molar-refractivity contribution in [3.05, 3.63) is 28.8 Å². The lowest BCUT2D eigenvalue weighted by Gasteiger charge is -2.17. The summed E-state index contributed by atoms with van der Waals surface area (Å²) in [5.74, 6) is 1.26. The fourth-order valence-electron chi connectivity index (χ4n) is 1.83. The molecule has 0 saturated heterocycles. The molecule has 84 valence electrons. The SMILES string of the molecule is CCc1cc(C(C)C)c(O)c(C(C)C)c1. The maximum atomic E-state index is 10.1. The molecule has 1 aromatic rings. The third-order valence-electron chi connectivity index (χ3n) is 2.88. The molecular formula is C14H22O. The summed E-state index contributed by atoms with van der Waals surface area (Å²) in [6.45, 7) is 10.6. The predicted octanol–water partition coefficient (Wildman–Crippen LogP) is 4.20. The van der Waals surface area contributed by atoms with Crippen molar-refractivity contribution in [3.8, 4) is 5.75 Å². The fourth-order valence-corrected chi connectivity index (χ4v) is 1.83. The Kier molecular flexibility index (Phi) is 3.78. The van der Waals surface area contributed by atoms with Crippen molar-refractivity contribution in [2.45, 2.75) is 52.9 Å². The van der Waals surface area contributed by atoms with Crippen LogP contribution in [0.2, 0.25) is 0 Å². The third kappa shape index (κ3) is 2.53. The average Bonchev–Trinajstić information content (AvgIpc) is 2.17. The molecule has 0 unspecified atom stereocenters. The maximum absolute atomic E-state index is 10.1. The van der Waals surface area contributed by atoms with Crippen LogP contribution in [-0.4, -0.2) is 5.11 Å². The normalized spacial score (nSPS) is 11.4. The van der Waals surface area contributed by atoms with Gasteiger partial charge in [-0.15, -0.1) is 0 Å². The largest absolute Gasteiger partial charge is 0.507 e. The molecule has 0 radical (unpaired) electrons. The molecule has 1 heteroatoms. The monoisotopic (exact) mass is 206 g/mol. The highest BCUT2D eigenvalue weighted by Gasteiger charge is 2.14. The minimum absolute atomic E-state index is 0.383. The molecule has 0 aliphatic rings. The van der Waals surface area contributed by atoms with Crippen LogP contribution in [0.25, 0.3) is 0 Å². The molecule has 0 aliphatic carbocycles. The van der Waals surface area contributed by atoms with E-state index >= 15 is 0 Å². The molecule has 0 heterocycles. The van der Waals surface area contributed by atoms with Gasteiger partial charge in [0.05, 0.1) is 0 Å². The predicted molar refractivity (Wildman–Crippen MR) is 65.7 cm³/mol. The lowest BCUT2D eigenvalue weighted by atomic mass is 9.91. The van der Waals surface area contributed by atoms with Crippen LogP contribution in [-0.2, 0) is 6.42 Å². The Balaban J connectivity index is 3.33. The van der Waals surface area contributed by atoms with Gasteiger partial charge in [-0.1, -0.05) is 46.8 Å². The summed E-state index contributed by atoms with van der Waals surface area (Å²) in [4.78, 5) is 0. The minimum Gasteiger partial charge on any atom is -0.507 e. The standard InChI is InChI=1S/C14H22O/c1-6-11-7-12(9(2)3)14(15)13(8-11)10(4)5/h7-10,15H,6H2,1-5H3. The van der Waals surface area contributed by atoms with Gasteiger partial charge >= 0.3 is 0 Å². The number of benzene rings is 1. The second kappa shape index (κ2) is 4.69. The summed E-state index contributed by atoms with van der Waals surface area (Å²) in [6.07, 6.45) is 1.03. The summed E-state index contributed by atoms with van der Waals surface area (Å²) < 4.78 is 0. The van der Waals surface area contributed by atoms with E-state index in [1.54, 1.807) is 0 Å². The highest BCUT2D eigenvalue weighted by molar-refractivity contribution is 5.46. The summed E-state index contributed by atoms with van der Waals surface area (Å²) in [5.41, 5.74) is 3.48. The first-order valence-corrected chi connectivity index (χ1v) is 5.83. The average molecular weight is 206 g/mol. The van der Waals surface area contributed by atoms with E-state index in [9.17, 15) is 5.11 Å². The number of aryl methyl sites for hydroxylation is 1. The topological polar surface area (TPSA) is 20.2 Å². The zero-order chi connectivity index (χ0) is 11.6. The molecule has 1 N–H and O–H groups in total. The molecule has 15 heavy (non-hydrogen) atoms. The Morgan fingerprint density at radius 3 is 1.67 bits per heavy atom. The van der Waals surface area contributed by atoms with Crippen LogP contribution in [0.4, 0.5) is 0 Å². The van der Waals surface area contributed by atoms with E-state index in [4.69, 9.17) is 0 Å². The van der Waals surface area contributed by atoms with Crippen LogP contribution >= 0.6 is 0 Å². The van der Waals surface area contributed by atoms with E-state index in [1.807, 2.05) is 0 Å². The smallest absolute Gasteiger partial charge is 0.122 e. The van der Waals surface area contributed by atoms with Gasteiger partial charge in [-0.05, 0) is 34.9 Å². The summed E-state index contributed by atoms with van der Waals surface area (Å²) in [6, 6.07) is 4.26. The van der Waals surface area contributed by atoms with Gasteiger partial charge in [0.2, 0.25) is 0 Å². The van der Waals surface area contributed by atoms with Crippen LogP contribution in [0.3, 0.4) is 0 Å². The van der Waals surface area contributed by atoms with Gasteiger partial charge < -0.3 is 5.11 Å². The lowest BCUT2D eigenvalue weighted by molar-refractivity contribution is 0.454. The number of phenolic OH excluding ortho intramolecular Hbond substituents is 1. The van der Waals surface area contributed by atoms with Crippen LogP contribution in [0.1, 0.15) is 63.1 Å². The summed E-state index contributed by atoms with van der Waals surface area (Å²) in [7, 11) is 0. The van der Waals surface area contributed by atoms with Gasteiger partial charge in [0.25, 0.3) is 0 Å². The molecule has 1 rings (SSSR count). The van der Waals surface area contributed by atoms with Crippen molar-refractivity contribution in [2.75, 3.05) is 0 Å². The number of phenols is 1. The molecule has 1 nitrogen and oxygen atoms in total. The first-order valence-electron chi connectivity index (χ1n) is 5.83. The third-order valence-corrected chi connectivity index (χ3v) is 2.88. The zero-order valence-electron chi connectivity index (χ0n) is 10.5. The van der Waals surface area contributed by atoms with Gasteiger partial charge in [-0.3, -0.25) is 0 Å². The van der Waals surface area contributed by atoms with Crippen molar-refractivity contribution in [3.63, 3.8) is 0 Å². The minimum atomic E-state index is 0.383. The van der Waals surface area contributed by atoms with Crippen LogP contribution in [0, 0.1) is 0 Å². The van der Waals surface area contributed by atoms with Crippen molar-refractivity contribution in [1.29, 1.82) is 0 Å². The molecule has 0 fully saturated rings. The van der Waals surface area contributed by atoms with Gasteiger partial charge in [0.1, 0.15) is 5.75 Å². The molecule has 0 atom stereocenters. The second-order valence-electron chi connectivity index (χ2n) is 4.79. The van der Waals surface area contributed by atoms with Gasteiger partial charge in [0.15, 0.2) is 0 Å². The van der Waals surface area contributed by atoms with E-state index in [0.29, 0.717) is 17.6 Å². The molecule has 0 aliphatic heterocycles. The highest BCUT2D eigenvalue weighted by Crippen LogP contribution is 2.34. The molecular weight excluding hydrogens is 184 g/mol. The van der Waals surface area contributed by atoms with Crippen LogP contribution < -0.4 is 0 Å². The van der Waals surface area contributed by atoms with E-state index < -0.39 is 0 Å². The number of aromatic hydroxyl groups is 1. The van der Waals surface area contributed by atoms with Crippen molar-refractivity contribution >= 4 is 0 Å². The molecule has 0 spiro atoms. The maximum Gasteiger partial charge on any atom is 0.122 e. The Morgan fingerprint density at radius 2 is 1.40 bits per heavy atom. The van der Waals surface area contributed by atoms with Gasteiger partial charge in [-0.25, -0.2) is 0 Å². The van der Waals surface area contributed by atoms with Crippen molar-refractivity contribution < 1.29 is 5.11 Å². The quantitative estimate of drug-likeness (QED) is 0.785. The van der Waals surface area contributed by atoms with E-state index in [1.165, 1.54) is 5.56 Å². The summed E-state index contributed by atoms with van der Waals surface area (Å²) in [5, 5.41) is 10.1. The number of hydrogen-bond donors (Lipinski definition) is 1. The van der Waals surface area contributed by atoms with E-state index in [-0.39, 0.29) is 0 Å². The Labute approximate surface area is 93.1 Å². The Morgan fingerprint density at radius 1 is 1.00 bits per heavy atom. The van der Waals surface area contributed by atoms with Gasteiger partial charge in [-0.2, -0.15) is 0 Å². The summed E-state index contributed by atoms with van der Waals surface area (Å²) >= 11 is 0. The Bertz CT molecular complexity index is 308. The number of hydrogen-bond acceptors (Lipinski definition) is 1. The van der Waals surface area contributed by atoms with Crippen molar-refractivity contribution in [2.24, 2.45) is 0 Å². The lowest BCUT2D eigenvalue weighted by Crippen LogP contribution is -1.98. The van der Waals surface area contributed by atoms with E-state index in [2.05, 4.69) is 46.8 Å². The molecule has 1 aromatic carbocycles.